The maximum atomic E-state index is 12.8. The number of benzene rings is 2. The third-order valence-electron chi connectivity index (χ3n) is 7.67. The van der Waals surface area contributed by atoms with Gasteiger partial charge in [-0.25, -0.2) is 0 Å². The summed E-state index contributed by atoms with van der Waals surface area (Å²) in [4.78, 5) is 15.1. The van der Waals surface area contributed by atoms with Crippen LogP contribution in [-0.2, 0) is 10.3 Å². The number of aryl methyl sites for hydroxylation is 1. The van der Waals surface area contributed by atoms with Gasteiger partial charge < -0.3 is 20.9 Å². The zero-order valence-corrected chi connectivity index (χ0v) is 21.4. The number of ether oxygens (including phenoxy) is 1. The average molecular weight is 481 g/mol. The van der Waals surface area contributed by atoms with Crippen LogP contribution in [0.15, 0.2) is 36.4 Å². The summed E-state index contributed by atoms with van der Waals surface area (Å²) in [5, 5.41) is 17.3. The lowest BCUT2D eigenvalue weighted by atomic mass is 10.0. The minimum absolute atomic E-state index is 0.0803. The molecule has 2 unspecified atom stereocenters. The second-order valence-electron chi connectivity index (χ2n) is 10.3. The molecule has 0 spiro atoms. The SMILES string of the molecule is Cc1cc(OC(C)C(=O)NC2CCN(CC(O)NC3(c4ccccc4)CC3)CC2)c(C)c(C)c1N. The molecule has 1 aliphatic carbocycles. The van der Waals surface area contributed by atoms with Gasteiger partial charge in [0, 0.05) is 36.9 Å². The van der Waals surface area contributed by atoms with E-state index >= 15 is 0 Å². The Bertz CT molecular complexity index is 1030. The first kappa shape index (κ1) is 25.5. The van der Waals surface area contributed by atoms with Crippen LogP contribution in [0.4, 0.5) is 5.69 Å². The van der Waals surface area contributed by atoms with E-state index in [9.17, 15) is 9.90 Å². The van der Waals surface area contributed by atoms with E-state index in [0.29, 0.717) is 12.3 Å². The van der Waals surface area contributed by atoms with Gasteiger partial charge in [-0.2, -0.15) is 0 Å². The van der Waals surface area contributed by atoms with Gasteiger partial charge in [0.2, 0.25) is 0 Å². The predicted molar refractivity (Wildman–Crippen MR) is 139 cm³/mol. The molecule has 2 aromatic rings. The molecule has 2 aromatic carbocycles. The van der Waals surface area contributed by atoms with E-state index in [-0.39, 0.29) is 17.5 Å². The van der Waals surface area contributed by atoms with Gasteiger partial charge in [-0.05, 0) is 81.7 Å². The highest BCUT2D eigenvalue weighted by Crippen LogP contribution is 2.45. The number of carbonyl (C=O) groups is 1. The minimum Gasteiger partial charge on any atom is -0.481 e. The van der Waals surface area contributed by atoms with Crippen molar-refractivity contribution in [1.29, 1.82) is 0 Å². The van der Waals surface area contributed by atoms with Crippen molar-refractivity contribution < 1.29 is 14.6 Å². The van der Waals surface area contributed by atoms with Crippen LogP contribution < -0.4 is 21.1 Å². The van der Waals surface area contributed by atoms with E-state index < -0.39 is 12.3 Å². The van der Waals surface area contributed by atoms with Crippen molar-refractivity contribution >= 4 is 11.6 Å². The Morgan fingerprint density at radius 3 is 2.46 bits per heavy atom. The molecule has 0 radical (unpaired) electrons. The van der Waals surface area contributed by atoms with Crippen molar-refractivity contribution in [3.05, 3.63) is 58.7 Å². The summed E-state index contributed by atoms with van der Waals surface area (Å²) >= 11 is 0. The number of aliphatic hydroxyl groups is 1. The number of hydrogen-bond donors (Lipinski definition) is 4. The lowest BCUT2D eigenvalue weighted by Crippen LogP contribution is -2.51. The van der Waals surface area contributed by atoms with Gasteiger partial charge in [-0.15, -0.1) is 0 Å². The second kappa shape index (κ2) is 10.6. The van der Waals surface area contributed by atoms with Crippen LogP contribution in [0.3, 0.4) is 0 Å². The normalized spacial score (nSPS) is 19.7. The third kappa shape index (κ3) is 5.97. The Labute approximate surface area is 209 Å². The second-order valence-corrected chi connectivity index (χ2v) is 10.3. The molecule has 2 fully saturated rings. The van der Waals surface area contributed by atoms with Crippen molar-refractivity contribution in [2.45, 2.75) is 77.3 Å². The fourth-order valence-corrected chi connectivity index (χ4v) is 5.02. The number of nitrogens with one attached hydrogen (secondary N) is 2. The smallest absolute Gasteiger partial charge is 0.260 e. The van der Waals surface area contributed by atoms with Crippen molar-refractivity contribution in [1.82, 2.24) is 15.5 Å². The van der Waals surface area contributed by atoms with Crippen LogP contribution in [0, 0.1) is 20.8 Å². The molecule has 35 heavy (non-hydrogen) atoms. The number of likely N-dealkylation sites (tertiary alicyclic amines) is 1. The predicted octanol–water partition coefficient (Wildman–Crippen LogP) is 3.14. The van der Waals surface area contributed by atoms with Gasteiger partial charge in [-0.3, -0.25) is 15.0 Å². The molecule has 5 N–H and O–H groups in total. The Balaban J connectivity index is 1.22. The Hall–Kier alpha value is -2.61. The minimum atomic E-state index is -0.590. The van der Waals surface area contributed by atoms with E-state index in [1.807, 2.05) is 45.0 Å². The summed E-state index contributed by atoms with van der Waals surface area (Å²) in [5.74, 6) is 0.604. The standard InChI is InChI=1S/C28H40N4O3/c1-18-16-24(19(2)20(3)26(18)29)35-21(4)27(34)30-23-10-14-32(15-11-23)17-25(33)31-28(12-13-28)22-8-6-5-7-9-22/h5-9,16,21,23,25,31,33H,10-15,17,29H2,1-4H3,(H,30,34). The first-order valence-electron chi connectivity index (χ1n) is 12.8. The van der Waals surface area contributed by atoms with Crippen LogP contribution in [-0.4, -0.2) is 53.9 Å². The molecule has 190 valence electrons. The summed E-state index contributed by atoms with van der Waals surface area (Å²) in [6, 6.07) is 12.4. The van der Waals surface area contributed by atoms with Gasteiger partial charge in [-0.1, -0.05) is 30.3 Å². The van der Waals surface area contributed by atoms with Crippen LogP contribution in [0.2, 0.25) is 0 Å². The lowest BCUT2D eigenvalue weighted by molar-refractivity contribution is -0.128. The molecule has 2 aliphatic rings. The fourth-order valence-electron chi connectivity index (χ4n) is 5.02. The highest BCUT2D eigenvalue weighted by Gasteiger charge is 2.45. The third-order valence-corrected chi connectivity index (χ3v) is 7.67. The van der Waals surface area contributed by atoms with E-state index in [4.69, 9.17) is 10.5 Å². The van der Waals surface area contributed by atoms with Crippen LogP contribution in [0.25, 0.3) is 0 Å². The number of β-amino-alcohol motifs (C(OH)–C–C–N with tert-alkyl or cyclic N) is 1. The monoisotopic (exact) mass is 480 g/mol. The number of amides is 1. The summed E-state index contributed by atoms with van der Waals surface area (Å²) in [6.45, 7) is 9.94. The number of carbonyl (C=O) groups excluding carboxylic acids is 1. The van der Waals surface area contributed by atoms with E-state index in [0.717, 1.165) is 61.2 Å². The average Bonchev–Trinajstić information content (AvgIpc) is 3.63. The molecule has 1 saturated carbocycles. The van der Waals surface area contributed by atoms with Crippen LogP contribution in [0.5, 0.6) is 5.75 Å². The molecular formula is C28H40N4O3. The molecule has 1 saturated heterocycles. The zero-order valence-electron chi connectivity index (χ0n) is 21.4. The molecule has 1 aliphatic heterocycles. The number of piperidine rings is 1. The zero-order chi connectivity index (χ0) is 25.2. The summed E-state index contributed by atoms with van der Waals surface area (Å²) < 4.78 is 6.01. The largest absolute Gasteiger partial charge is 0.481 e. The summed E-state index contributed by atoms with van der Waals surface area (Å²) in [5.41, 5.74) is 11.0. The topological polar surface area (TPSA) is 99.8 Å². The molecule has 2 atom stereocenters. The van der Waals surface area contributed by atoms with Crippen molar-refractivity contribution in [3.8, 4) is 5.75 Å². The van der Waals surface area contributed by atoms with E-state index in [1.165, 1.54) is 5.56 Å². The lowest BCUT2D eigenvalue weighted by Gasteiger charge is -2.35. The van der Waals surface area contributed by atoms with Crippen LogP contribution >= 0.6 is 0 Å². The fraction of sp³-hybridized carbons (Fsp3) is 0.536. The highest BCUT2D eigenvalue weighted by molar-refractivity contribution is 5.81. The number of nitrogen functional groups attached to an aromatic ring is 1. The molecule has 0 aromatic heterocycles. The molecule has 1 amide bonds. The number of anilines is 1. The molecule has 0 bridgehead atoms. The van der Waals surface area contributed by atoms with Crippen molar-refractivity contribution in [3.63, 3.8) is 0 Å². The quantitative estimate of drug-likeness (QED) is 0.325. The molecule has 7 heteroatoms. The van der Waals surface area contributed by atoms with Gasteiger partial charge in [0.15, 0.2) is 6.10 Å². The van der Waals surface area contributed by atoms with Gasteiger partial charge in [0.25, 0.3) is 5.91 Å². The Morgan fingerprint density at radius 2 is 1.83 bits per heavy atom. The first-order chi connectivity index (χ1) is 16.7. The van der Waals surface area contributed by atoms with Gasteiger partial charge in [0.1, 0.15) is 12.0 Å². The number of nitrogens with two attached hydrogens (primary N) is 1. The maximum Gasteiger partial charge on any atom is 0.260 e. The highest BCUT2D eigenvalue weighted by atomic mass is 16.5. The molecule has 4 rings (SSSR count). The molecule has 1 heterocycles. The van der Waals surface area contributed by atoms with E-state index in [2.05, 4.69) is 27.7 Å². The number of aliphatic hydroxyl groups excluding tert-OH is 1. The van der Waals surface area contributed by atoms with Gasteiger partial charge >= 0.3 is 0 Å². The summed E-state index contributed by atoms with van der Waals surface area (Å²) in [7, 11) is 0. The maximum absolute atomic E-state index is 12.8. The Kier molecular flexibility index (Phi) is 7.69. The van der Waals surface area contributed by atoms with Crippen molar-refractivity contribution in [2.24, 2.45) is 0 Å². The Morgan fingerprint density at radius 1 is 1.17 bits per heavy atom. The first-order valence-corrected chi connectivity index (χ1v) is 12.8. The van der Waals surface area contributed by atoms with E-state index in [1.54, 1.807) is 6.92 Å². The van der Waals surface area contributed by atoms with Crippen LogP contribution in [0.1, 0.15) is 54.9 Å². The molecule has 7 nitrogen and oxygen atoms in total. The number of rotatable bonds is 9. The number of nitrogens with zero attached hydrogens (tertiary/aromatic N) is 1. The summed E-state index contributed by atoms with van der Waals surface area (Å²) in [6.07, 6.45) is 2.65. The molecular weight excluding hydrogens is 440 g/mol. The number of hydrogen-bond acceptors (Lipinski definition) is 6. The van der Waals surface area contributed by atoms with Gasteiger partial charge in [0.05, 0.1) is 0 Å². The van der Waals surface area contributed by atoms with Crippen molar-refractivity contribution in [2.75, 3.05) is 25.4 Å².